The molecule has 0 saturated carbocycles. The van der Waals surface area contributed by atoms with Gasteiger partial charge < -0.3 is 4.57 Å². The average Bonchev–Trinajstić information content (AvgIpc) is 2.90. The number of halogens is 1. The molecule has 0 radical (unpaired) electrons. The van der Waals surface area contributed by atoms with E-state index in [0.717, 1.165) is 16.5 Å². The summed E-state index contributed by atoms with van der Waals surface area (Å²) >= 11 is 1.66. The minimum Gasteiger partial charge on any atom is -0.305 e. The molecule has 1 atom stereocenters. The lowest BCUT2D eigenvalue weighted by Crippen LogP contribution is -1.97. The summed E-state index contributed by atoms with van der Waals surface area (Å²) in [6.07, 6.45) is 0. The standard InChI is InChI=1S/C17H16FN3S/c1-12(13-6-4-3-5-7-13)22-17-20-19-16(21(17)2)14-8-10-15(18)11-9-14/h3-12H,1-2H3/t12-/m0/s1. The van der Waals surface area contributed by atoms with Crippen LogP contribution in [0.2, 0.25) is 0 Å². The highest BCUT2D eigenvalue weighted by Gasteiger charge is 2.15. The lowest BCUT2D eigenvalue weighted by Gasteiger charge is -2.11. The first kappa shape index (κ1) is 14.8. The lowest BCUT2D eigenvalue weighted by atomic mass is 10.2. The summed E-state index contributed by atoms with van der Waals surface area (Å²) in [7, 11) is 1.93. The van der Waals surface area contributed by atoms with Gasteiger partial charge in [-0.05, 0) is 36.8 Å². The molecule has 0 unspecified atom stereocenters. The maximum Gasteiger partial charge on any atom is 0.191 e. The zero-order valence-electron chi connectivity index (χ0n) is 12.4. The molecule has 0 N–H and O–H groups in total. The van der Waals surface area contributed by atoms with Gasteiger partial charge in [-0.1, -0.05) is 42.1 Å². The molecule has 22 heavy (non-hydrogen) atoms. The number of hydrogen-bond acceptors (Lipinski definition) is 3. The van der Waals surface area contributed by atoms with Gasteiger partial charge in [0.15, 0.2) is 11.0 Å². The van der Waals surface area contributed by atoms with Gasteiger partial charge in [-0.25, -0.2) is 4.39 Å². The van der Waals surface area contributed by atoms with E-state index in [4.69, 9.17) is 0 Å². The smallest absolute Gasteiger partial charge is 0.191 e. The highest BCUT2D eigenvalue weighted by Crippen LogP contribution is 2.34. The Hall–Kier alpha value is -2.14. The Labute approximate surface area is 133 Å². The van der Waals surface area contributed by atoms with Crippen LogP contribution in [0.5, 0.6) is 0 Å². The van der Waals surface area contributed by atoms with Crippen molar-refractivity contribution in [1.29, 1.82) is 0 Å². The monoisotopic (exact) mass is 313 g/mol. The first-order valence-corrected chi connectivity index (χ1v) is 7.90. The largest absolute Gasteiger partial charge is 0.305 e. The summed E-state index contributed by atoms with van der Waals surface area (Å²) in [5.74, 6) is 0.487. The maximum atomic E-state index is 13.0. The third-order valence-corrected chi connectivity index (χ3v) is 4.68. The van der Waals surface area contributed by atoms with E-state index in [1.165, 1.54) is 17.7 Å². The summed E-state index contributed by atoms with van der Waals surface area (Å²) in [5, 5.41) is 9.62. The van der Waals surface area contributed by atoms with Crippen molar-refractivity contribution < 1.29 is 4.39 Å². The van der Waals surface area contributed by atoms with Crippen LogP contribution in [0, 0.1) is 5.82 Å². The third-order valence-electron chi connectivity index (χ3n) is 3.49. The fraction of sp³-hybridized carbons (Fsp3) is 0.176. The zero-order valence-corrected chi connectivity index (χ0v) is 13.2. The Morgan fingerprint density at radius 1 is 1.00 bits per heavy atom. The Bertz CT molecular complexity index is 753. The van der Waals surface area contributed by atoms with E-state index in [2.05, 4.69) is 29.3 Å². The van der Waals surface area contributed by atoms with Gasteiger partial charge in [0.2, 0.25) is 0 Å². The molecular formula is C17H16FN3S. The van der Waals surface area contributed by atoms with Crippen LogP contribution in [0.25, 0.3) is 11.4 Å². The number of nitrogens with zero attached hydrogens (tertiary/aromatic N) is 3. The molecule has 2 aromatic carbocycles. The summed E-state index contributed by atoms with van der Waals surface area (Å²) in [6.45, 7) is 2.15. The highest BCUT2D eigenvalue weighted by molar-refractivity contribution is 7.99. The minimum atomic E-state index is -0.252. The second-order valence-corrected chi connectivity index (χ2v) is 6.35. The van der Waals surface area contributed by atoms with Gasteiger partial charge in [-0.2, -0.15) is 0 Å². The van der Waals surface area contributed by atoms with Crippen LogP contribution in [-0.4, -0.2) is 14.8 Å². The molecule has 1 aromatic heterocycles. The van der Waals surface area contributed by atoms with Crippen LogP contribution in [-0.2, 0) is 7.05 Å². The van der Waals surface area contributed by atoms with Crippen molar-refractivity contribution in [3.05, 3.63) is 66.0 Å². The molecule has 0 saturated heterocycles. The second kappa shape index (κ2) is 6.32. The number of rotatable bonds is 4. The fourth-order valence-electron chi connectivity index (χ4n) is 2.22. The van der Waals surface area contributed by atoms with Gasteiger partial charge in [0.25, 0.3) is 0 Å². The Morgan fingerprint density at radius 3 is 2.36 bits per heavy atom. The van der Waals surface area contributed by atoms with Crippen molar-refractivity contribution >= 4 is 11.8 Å². The molecule has 112 valence electrons. The number of thioether (sulfide) groups is 1. The molecule has 3 nitrogen and oxygen atoms in total. The molecule has 3 rings (SSSR count). The van der Waals surface area contributed by atoms with Crippen molar-refractivity contribution in [2.75, 3.05) is 0 Å². The lowest BCUT2D eigenvalue weighted by molar-refractivity contribution is 0.628. The van der Waals surface area contributed by atoms with E-state index < -0.39 is 0 Å². The van der Waals surface area contributed by atoms with Crippen LogP contribution in [0.4, 0.5) is 4.39 Å². The zero-order chi connectivity index (χ0) is 15.5. The van der Waals surface area contributed by atoms with Crippen LogP contribution in [0.1, 0.15) is 17.7 Å². The van der Waals surface area contributed by atoms with Crippen molar-refractivity contribution in [1.82, 2.24) is 14.8 Å². The van der Waals surface area contributed by atoms with Crippen LogP contribution in [0.3, 0.4) is 0 Å². The van der Waals surface area contributed by atoms with Gasteiger partial charge in [-0.15, -0.1) is 10.2 Å². The maximum absolute atomic E-state index is 13.0. The molecule has 5 heteroatoms. The summed E-state index contributed by atoms with van der Waals surface area (Å²) in [5.41, 5.74) is 2.11. The summed E-state index contributed by atoms with van der Waals surface area (Å²) in [6, 6.07) is 16.6. The molecule has 0 aliphatic heterocycles. The third kappa shape index (κ3) is 3.04. The predicted octanol–water partition coefficient (Wildman–Crippen LogP) is 4.47. The van der Waals surface area contributed by atoms with Gasteiger partial charge in [0.1, 0.15) is 5.82 Å². The summed E-state index contributed by atoms with van der Waals surface area (Å²) < 4.78 is 15.0. The van der Waals surface area contributed by atoms with Crippen LogP contribution in [0.15, 0.2) is 59.8 Å². The number of hydrogen-bond donors (Lipinski definition) is 0. The van der Waals surface area contributed by atoms with E-state index in [9.17, 15) is 4.39 Å². The molecule has 0 aliphatic carbocycles. The first-order chi connectivity index (χ1) is 10.6. The van der Waals surface area contributed by atoms with Gasteiger partial charge in [-0.3, -0.25) is 0 Å². The van der Waals surface area contributed by atoms with Crippen molar-refractivity contribution in [3.63, 3.8) is 0 Å². The van der Waals surface area contributed by atoms with Crippen LogP contribution >= 0.6 is 11.8 Å². The van der Waals surface area contributed by atoms with E-state index in [1.807, 2.05) is 29.8 Å². The van der Waals surface area contributed by atoms with E-state index in [0.29, 0.717) is 0 Å². The molecule has 3 aromatic rings. The Balaban J connectivity index is 1.83. The number of aromatic nitrogens is 3. The summed E-state index contributed by atoms with van der Waals surface area (Å²) in [4.78, 5) is 0. The van der Waals surface area contributed by atoms with Gasteiger partial charge >= 0.3 is 0 Å². The highest BCUT2D eigenvalue weighted by atomic mass is 32.2. The molecule has 0 bridgehead atoms. The average molecular weight is 313 g/mol. The number of benzene rings is 2. The molecule has 0 fully saturated rings. The van der Waals surface area contributed by atoms with Crippen LogP contribution < -0.4 is 0 Å². The molecule has 0 amide bonds. The molecule has 0 spiro atoms. The normalized spacial score (nSPS) is 12.3. The quantitative estimate of drug-likeness (QED) is 0.666. The van der Waals surface area contributed by atoms with E-state index in [1.54, 1.807) is 23.9 Å². The van der Waals surface area contributed by atoms with Gasteiger partial charge in [0.05, 0.1) is 0 Å². The first-order valence-electron chi connectivity index (χ1n) is 7.02. The van der Waals surface area contributed by atoms with Crippen molar-refractivity contribution in [2.24, 2.45) is 7.05 Å². The Morgan fingerprint density at radius 2 is 1.68 bits per heavy atom. The fourth-order valence-corrected chi connectivity index (χ4v) is 3.16. The molecular weight excluding hydrogens is 297 g/mol. The Kier molecular flexibility index (Phi) is 4.24. The molecule has 1 heterocycles. The second-order valence-electron chi connectivity index (χ2n) is 5.04. The molecule has 0 aliphatic rings. The van der Waals surface area contributed by atoms with Crippen molar-refractivity contribution in [3.8, 4) is 11.4 Å². The van der Waals surface area contributed by atoms with E-state index >= 15 is 0 Å². The predicted molar refractivity (Wildman–Crippen MR) is 87.1 cm³/mol. The minimum absolute atomic E-state index is 0.252. The SMILES string of the molecule is C[C@H](Sc1nnc(-c2ccc(F)cc2)n1C)c1ccccc1. The van der Waals surface area contributed by atoms with Crippen molar-refractivity contribution in [2.45, 2.75) is 17.3 Å². The van der Waals surface area contributed by atoms with E-state index in [-0.39, 0.29) is 11.1 Å². The van der Waals surface area contributed by atoms with Gasteiger partial charge in [0, 0.05) is 17.9 Å². The topological polar surface area (TPSA) is 30.7 Å².